The summed E-state index contributed by atoms with van der Waals surface area (Å²) in [5, 5.41) is 29.1. The molecule has 0 aliphatic heterocycles. The van der Waals surface area contributed by atoms with Gasteiger partial charge in [0.05, 0.1) is 12.2 Å². The maximum Gasteiger partial charge on any atom is 0.410 e. The van der Waals surface area contributed by atoms with Crippen LogP contribution in [0.1, 0.15) is 160 Å². The van der Waals surface area contributed by atoms with Gasteiger partial charge in [0.25, 0.3) is 0 Å². The molecule has 0 bridgehead atoms. The molecule has 0 aromatic heterocycles. The number of hydrogen-bond donors (Lipinski definition) is 4. The molecule has 4 saturated carbocycles. The van der Waals surface area contributed by atoms with Gasteiger partial charge in [-0.3, -0.25) is 0 Å². The van der Waals surface area contributed by atoms with Crippen molar-refractivity contribution in [1.82, 2.24) is 15.5 Å². The number of amides is 2. The van der Waals surface area contributed by atoms with Crippen LogP contribution in [0.3, 0.4) is 0 Å². The zero-order valence-corrected chi connectivity index (χ0v) is 35.8. The van der Waals surface area contributed by atoms with Gasteiger partial charge in [0.2, 0.25) is 0 Å². The minimum absolute atomic E-state index is 0.204. The van der Waals surface area contributed by atoms with Crippen LogP contribution in [-0.4, -0.2) is 82.9 Å². The normalized spacial score (nSPS) is 34.0. The summed E-state index contributed by atoms with van der Waals surface area (Å²) in [6.45, 7) is 25.6. The second-order valence-electron chi connectivity index (χ2n) is 20.8. The molecule has 0 spiro atoms. The Balaban J connectivity index is 1.26. The fourth-order valence-electron chi connectivity index (χ4n) is 11.5. The minimum Gasteiger partial charge on any atom is -0.444 e. The molecule has 0 heterocycles. The zero-order chi connectivity index (χ0) is 39.4. The molecule has 4 fully saturated rings. The van der Waals surface area contributed by atoms with Crippen LogP contribution in [-0.2, 0) is 9.47 Å². The summed E-state index contributed by atoms with van der Waals surface area (Å²) in [6.07, 6.45) is 12.8. The van der Waals surface area contributed by atoms with Gasteiger partial charge in [0.15, 0.2) is 0 Å². The van der Waals surface area contributed by atoms with Crippen molar-refractivity contribution in [3.63, 3.8) is 0 Å². The van der Waals surface area contributed by atoms with Gasteiger partial charge < -0.3 is 35.2 Å². The van der Waals surface area contributed by atoms with Crippen molar-refractivity contribution in [2.24, 2.45) is 52.3 Å². The molecule has 4 N–H and O–H groups in total. The predicted octanol–water partition coefficient (Wildman–Crippen LogP) is 8.94. The Morgan fingerprint density at radius 2 is 1.45 bits per heavy atom. The van der Waals surface area contributed by atoms with Crippen LogP contribution in [0.25, 0.3) is 0 Å². The number of nitrogens with one attached hydrogen (secondary N) is 2. The monoisotopic (exact) mass is 748 g/mol. The summed E-state index contributed by atoms with van der Waals surface area (Å²) in [7, 11) is 0. The topological polar surface area (TPSA) is 120 Å². The first-order valence-corrected chi connectivity index (χ1v) is 21.7. The van der Waals surface area contributed by atoms with Crippen molar-refractivity contribution >= 4 is 12.2 Å². The summed E-state index contributed by atoms with van der Waals surface area (Å²) in [4.78, 5) is 26.9. The first kappa shape index (κ1) is 44.1. The van der Waals surface area contributed by atoms with Gasteiger partial charge in [-0.1, -0.05) is 34.6 Å². The van der Waals surface area contributed by atoms with Crippen LogP contribution in [0.2, 0.25) is 0 Å². The molecular formula is C44H81N3O6. The lowest BCUT2D eigenvalue weighted by molar-refractivity contribution is -0.167. The van der Waals surface area contributed by atoms with Crippen molar-refractivity contribution < 1.29 is 29.3 Å². The van der Waals surface area contributed by atoms with E-state index in [9.17, 15) is 19.8 Å². The summed E-state index contributed by atoms with van der Waals surface area (Å²) in [5.74, 6) is 3.80. The number of nitrogens with zero attached hydrogens (tertiary/aromatic N) is 1. The number of carbonyl (C=O) groups excluding carboxylic acids is 2. The molecule has 9 heteroatoms. The van der Waals surface area contributed by atoms with Crippen molar-refractivity contribution in [2.75, 3.05) is 26.2 Å². The van der Waals surface area contributed by atoms with E-state index in [4.69, 9.17) is 9.47 Å². The molecule has 0 saturated heterocycles. The quantitative estimate of drug-likeness (QED) is 0.124. The second-order valence-corrected chi connectivity index (χ2v) is 20.8. The first-order valence-electron chi connectivity index (χ1n) is 21.7. The molecule has 4 rings (SSSR count). The number of aliphatic hydroxyl groups is 2. The van der Waals surface area contributed by atoms with Gasteiger partial charge in [0, 0.05) is 25.7 Å². The molecular weight excluding hydrogens is 666 g/mol. The number of ether oxygens (including phenoxy) is 2. The Hall–Kier alpha value is -1.58. The van der Waals surface area contributed by atoms with Crippen LogP contribution in [0, 0.1) is 52.3 Å². The smallest absolute Gasteiger partial charge is 0.410 e. The Morgan fingerprint density at radius 1 is 0.811 bits per heavy atom. The van der Waals surface area contributed by atoms with Crippen LogP contribution >= 0.6 is 0 Å². The molecule has 0 aromatic rings. The summed E-state index contributed by atoms with van der Waals surface area (Å²) in [6, 6.07) is 0.442. The van der Waals surface area contributed by atoms with E-state index in [1.165, 1.54) is 38.5 Å². The van der Waals surface area contributed by atoms with E-state index in [-0.39, 0.29) is 18.3 Å². The Kier molecular flexibility index (Phi) is 15.1. The van der Waals surface area contributed by atoms with E-state index in [1.807, 2.05) is 46.4 Å². The van der Waals surface area contributed by atoms with Crippen LogP contribution in [0.15, 0.2) is 0 Å². The third-order valence-electron chi connectivity index (χ3n) is 14.3. The fraction of sp³-hybridized carbons (Fsp3) is 0.955. The van der Waals surface area contributed by atoms with E-state index < -0.39 is 17.3 Å². The van der Waals surface area contributed by atoms with Gasteiger partial charge in [0.1, 0.15) is 11.2 Å². The maximum atomic E-state index is 13.1. The van der Waals surface area contributed by atoms with Gasteiger partial charge in [-0.25, -0.2) is 9.59 Å². The Bertz CT molecular complexity index is 1180. The zero-order valence-electron chi connectivity index (χ0n) is 35.8. The summed E-state index contributed by atoms with van der Waals surface area (Å²) < 4.78 is 11.1. The van der Waals surface area contributed by atoms with Crippen molar-refractivity contribution in [3.05, 3.63) is 0 Å². The van der Waals surface area contributed by atoms with Crippen LogP contribution in [0.5, 0.6) is 0 Å². The van der Waals surface area contributed by atoms with E-state index in [0.29, 0.717) is 77.9 Å². The lowest BCUT2D eigenvalue weighted by atomic mass is 9.43. The van der Waals surface area contributed by atoms with Gasteiger partial charge in [-0.05, 0) is 184 Å². The van der Waals surface area contributed by atoms with Crippen molar-refractivity contribution in [3.8, 4) is 0 Å². The van der Waals surface area contributed by atoms with E-state index >= 15 is 0 Å². The molecule has 0 unspecified atom stereocenters. The molecule has 308 valence electrons. The van der Waals surface area contributed by atoms with Crippen molar-refractivity contribution in [1.29, 1.82) is 0 Å². The Labute approximate surface area is 323 Å². The lowest BCUT2D eigenvalue weighted by Crippen LogP contribution is -2.59. The summed E-state index contributed by atoms with van der Waals surface area (Å²) >= 11 is 0. The number of alkyl carbamates (subject to hydrolysis) is 1. The third-order valence-corrected chi connectivity index (χ3v) is 14.3. The standard InChI is InChI=1S/C44H81N3O6/c1-29(2)36(48)18-15-30(3)33-16-17-34-38-35(20-22-44(33,34)11)43(10)21-19-32(27-31(43)28-37(38)49)45-24-14-26-47(40(51)53-42(7,8)9)25-13-12-23-46-39(50)52-41(4,5)6/h29-38,45,48-49H,12-28H2,1-11H3,(H,46,50)/t30-,31-,32-,33-,34+,35+,36-,37-,38+,43+,44-/m1/s1. The van der Waals surface area contributed by atoms with E-state index in [1.54, 1.807) is 0 Å². The number of carbonyl (C=O) groups is 2. The van der Waals surface area contributed by atoms with Crippen LogP contribution in [0.4, 0.5) is 9.59 Å². The Morgan fingerprint density at radius 3 is 2.11 bits per heavy atom. The highest BCUT2D eigenvalue weighted by Gasteiger charge is 2.62. The number of aliphatic hydroxyl groups excluding tert-OH is 2. The molecule has 4 aliphatic rings. The second kappa shape index (κ2) is 18.1. The molecule has 11 atom stereocenters. The highest BCUT2D eigenvalue weighted by molar-refractivity contribution is 5.68. The SMILES string of the molecule is CC(C)[C@H](O)CC[C@@H](C)[C@H]1CC[C@H]2[C@@H]3[C@H](O)C[C@H]4C[C@H](NCCCN(CCCCNC(=O)OC(C)(C)C)C(=O)OC(C)(C)C)CC[C@]4(C)[C@H]3CC[C@]12C. The average Bonchev–Trinajstić information content (AvgIpc) is 3.40. The highest BCUT2D eigenvalue weighted by atomic mass is 16.6. The molecule has 4 aliphatic carbocycles. The third kappa shape index (κ3) is 11.5. The van der Waals surface area contributed by atoms with Crippen molar-refractivity contribution in [2.45, 2.75) is 189 Å². The number of unbranched alkanes of at least 4 members (excludes halogenated alkanes) is 1. The predicted molar refractivity (Wildman–Crippen MR) is 214 cm³/mol. The molecule has 53 heavy (non-hydrogen) atoms. The molecule has 9 nitrogen and oxygen atoms in total. The molecule has 0 aromatic carbocycles. The van der Waals surface area contributed by atoms with E-state index in [0.717, 1.165) is 51.5 Å². The van der Waals surface area contributed by atoms with Gasteiger partial charge in [-0.2, -0.15) is 0 Å². The number of hydrogen-bond acceptors (Lipinski definition) is 7. The average molecular weight is 748 g/mol. The first-order chi connectivity index (χ1) is 24.6. The molecule has 2 amide bonds. The fourth-order valence-corrected chi connectivity index (χ4v) is 11.5. The molecule has 0 radical (unpaired) electrons. The summed E-state index contributed by atoms with van der Waals surface area (Å²) in [5.41, 5.74) is -0.492. The van der Waals surface area contributed by atoms with Crippen LogP contribution < -0.4 is 10.6 Å². The number of fused-ring (bicyclic) bond motifs is 5. The highest BCUT2D eigenvalue weighted by Crippen LogP contribution is 2.68. The van der Waals surface area contributed by atoms with Gasteiger partial charge >= 0.3 is 12.2 Å². The largest absolute Gasteiger partial charge is 0.444 e. The lowest BCUT2D eigenvalue weighted by Gasteiger charge is -2.62. The minimum atomic E-state index is -0.559. The number of rotatable bonds is 15. The van der Waals surface area contributed by atoms with E-state index in [2.05, 4.69) is 45.3 Å². The maximum absolute atomic E-state index is 13.1. The van der Waals surface area contributed by atoms with Gasteiger partial charge in [-0.15, -0.1) is 0 Å².